The predicted octanol–water partition coefficient (Wildman–Crippen LogP) is 3.06. The number of imidazole rings is 1. The molecule has 0 saturated heterocycles. The van der Waals surface area contributed by atoms with E-state index in [1.807, 2.05) is 23.5 Å². The van der Waals surface area contributed by atoms with Crippen LogP contribution in [-0.4, -0.2) is 35.0 Å². The Kier molecular flexibility index (Phi) is 2.97. The maximum absolute atomic E-state index is 5.21. The van der Waals surface area contributed by atoms with Crippen LogP contribution in [0.1, 0.15) is 10.6 Å². The van der Waals surface area contributed by atoms with Gasteiger partial charge in [0.25, 0.3) is 0 Å². The molecule has 3 aromatic rings. The van der Waals surface area contributed by atoms with E-state index < -0.39 is 0 Å². The molecule has 0 N–H and O–H groups in total. The Morgan fingerprint density at radius 3 is 2.81 bits per heavy atom. The topological polar surface area (TPSA) is 29.8 Å². The van der Waals surface area contributed by atoms with Crippen LogP contribution in [0, 0.1) is 0 Å². The van der Waals surface area contributed by atoms with Crippen molar-refractivity contribution in [2.45, 2.75) is 13.0 Å². The molecule has 2 aromatic heterocycles. The monoisotopic (exact) mass is 299 g/mol. The first-order chi connectivity index (χ1) is 10.2. The molecule has 21 heavy (non-hydrogen) atoms. The molecule has 0 bridgehead atoms. The van der Waals surface area contributed by atoms with E-state index in [1.165, 1.54) is 10.6 Å². The SMILES string of the molecule is COc1ccc(-c2cn3c4c(sc3n2)CN(C)CC4)cc1. The van der Waals surface area contributed by atoms with Gasteiger partial charge in [-0.25, -0.2) is 4.98 Å². The van der Waals surface area contributed by atoms with Crippen LogP contribution in [0.5, 0.6) is 5.75 Å². The first-order valence-electron chi connectivity index (χ1n) is 7.07. The fourth-order valence-electron chi connectivity index (χ4n) is 2.84. The lowest BCUT2D eigenvalue weighted by atomic mass is 10.1. The summed E-state index contributed by atoms with van der Waals surface area (Å²) >= 11 is 1.81. The number of methoxy groups -OCH3 is 1. The van der Waals surface area contributed by atoms with E-state index >= 15 is 0 Å². The second-order valence-electron chi connectivity index (χ2n) is 5.47. The van der Waals surface area contributed by atoms with E-state index in [0.717, 1.165) is 41.5 Å². The number of thiazole rings is 1. The van der Waals surface area contributed by atoms with Crippen LogP contribution in [0.4, 0.5) is 0 Å². The molecule has 1 aliphatic rings. The van der Waals surface area contributed by atoms with Gasteiger partial charge in [0, 0.05) is 41.8 Å². The van der Waals surface area contributed by atoms with Crippen molar-refractivity contribution >= 4 is 16.3 Å². The van der Waals surface area contributed by atoms with E-state index in [-0.39, 0.29) is 0 Å². The van der Waals surface area contributed by atoms with Crippen LogP contribution >= 0.6 is 11.3 Å². The Hall–Kier alpha value is -1.85. The van der Waals surface area contributed by atoms with Gasteiger partial charge in [0.1, 0.15) is 5.75 Å². The third-order valence-corrected chi connectivity index (χ3v) is 5.11. The van der Waals surface area contributed by atoms with Crippen molar-refractivity contribution in [1.29, 1.82) is 0 Å². The molecule has 0 atom stereocenters. The second kappa shape index (κ2) is 4.86. The lowest BCUT2D eigenvalue weighted by Gasteiger charge is -2.21. The van der Waals surface area contributed by atoms with E-state index in [0.29, 0.717) is 0 Å². The lowest BCUT2D eigenvalue weighted by molar-refractivity contribution is 0.314. The number of rotatable bonds is 2. The zero-order valence-corrected chi connectivity index (χ0v) is 13.0. The quantitative estimate of drug-likeness (QED) is 0.728. The maximum Gasteiger partial charge on any atom is 0.194 e. The van der Waals surface area contributed by atoms with Gasteiger partial charge in [-0.3, -0.25) is 4.40 Å². The largest absolute Gasteiger partial charge is 0.497 e. The molecule has 3 heterocycles. The average Bonchev–Trinajstić information content (AvgIpc) is 3.04. The smallest absolute Gasteiger partial charge is 0.194 e. The summed E-state index contributed by atoms with van der Waals surface area (Å²) in [5.74, 6) is 0.875. The van der Waals surface area contributed by atoms with Crippen LogP contribution in [0.3, 0.4) is 0 Å². The van der Waals surface area contributed by atoms with Crippen LogP contribution in [0.25, 0.3) is 16.2 Å². The Morgan fingerprint density at radius 2 is 2.05 bits per heavy atom. The molecular weight excluding hydrogens is 282 g/mol. The molecule has 0 spiro atoms. The first-order valence-corrected chi connectivity index (χ1v) is 7.89. The number of benzene rings is 1. The molecule has 0 fully saturated rings. The molecule has 0 amide bonds. The van der Waals surface area contributed by atoms with Crippen molar-refractivity contribution in [3.05, 3.63) is 41.0 Å². The third kappa shape index (κ3) is 2.13. The van der Waals surface area contributed by atoms with E-state index in [4.69, 9.17) is 9.72 Å². The molecule has 0 saturated carbocycles. The Bertz CT molecular complexity index is 788. The predicted molar refractivity (Wildman–Crippen MR) is 85.1 cm³/mol. The molecule has 108 valence electrons. The van der Waals surface area contributed by atoms with Gasteiger partial charge in [0.05, 0.1) is 12.8 Å². The van der Waals surface area contributed by atoms with Crippen molar-refractivity contribution < 1.29 is 4.74 Å². The summed E-state index contributed by atoms with van der Waals surface area (Å²) in [6.45, 7) is 2.16. The third-order valence-electron chi connectivity index (χ3n) is 4.03. The number of hydrogen-bond acceptors (Lipinski definition) is 4. The zero-order chi connectivity index (χ0) is 14.4. The summed E-state index contributed by atoms with van der Waals surface area (Å²) in [6, 6.07) is 8.08. The summed E-state index contributed by atoms with van der Waals surface area (Å²) < 4.78 is 7.48. The Balaban J connectivity index is 1.75. The van der Waals surface area contributed by atoms with Gasteiger partial charge in [-0.05, 0) is 31.3 Å². The number of ether oxygens (including phenoxy) is 1. The number of likely N-dealkylation sites (N-methyl/N-ethyl adjacent to an activating group) is 1. The summed E-state index contributed by atoms with van der Waals surface area (Å²) in [5.41, 5.74) is 3.60. The molecular formula is C16H17N3OS. The van der Waals surface area contributed by atoms with Crippen molar-refractivity contribution in [3.63, 3.8) is 0 Å². The fraction of sp³-hybridized carbons (Fsp3) is 0.312. The number of nitrogens with zero attached hydrogens (tertiary/aromatic N) is 3. The Labute approximate surface area is 127 Å². The highest BCUT2D eigenvalue weighted by Crippen LogP contribution is 2.31. The number of fused-ring (bicyclic) bond motifs is 3. The van der Waals surface area contributed by atoms with Crippen molar-refractivity contribution in [1.82, 2.24) is 14.3 Å². The fourth-order valence-corrected chi connectivity index (χ4v) is 4.07. The second-order valence-corrected chi connectivity index (χ2v) is 6.53. The standard InChI is InChI=1S/C16H17N3OS/c1-18-8-7-14-15(10-18)21-16-17-13(9-19(14)16)11-3-5-12(20-2)6-4-11/h3-6,9H,7-8,10H2,1-2H3. The van der Waals surface area contributed by atoms with Crippen molar-refractivity contribution in [2.24, 2.45) is 0 Å². The van der Waals surface area contributed by atoms with Gasteiger partial charge >= 0.3 is 0 Å². The number of aromatic nitrogens is 2. The molecule has 5 heteroatoms. The molecule has 0 radical (unpaired) electrons. The lowest BCUT2D eigenvalue weighted by Crippen LogP contribution is -2.26. The highest BCUT2D eigenvalue weighted by molar-refractivity contribution is 7.17. The van der Waals surface area contributed by atoms with Crippen LogP contribution < -0.4 is 4.74 Å². The number of hydrogen-bond donors (Lipinski definition) is 0. The van der Waals surface area contributed by atoms with Crippen LogP contribution in [-0.2, 0) is 13.0 Å². The summed E-state index contributed by atoms with van der Waals surface area (Å²) in [4.78, 5) is 9.70. The molecule has 0 unspecified atom stereocenters. The summed E-state index contributed by atoms with van der Waals surface area (Å²) in [7, 11) is 3.86. The highest BCUT2D eigenvalue weighted by Gasteiger charge is 2.20. The molecule has 1 aromatic carbocycles. The normalized spacial score (nSPS) is 15.3. The van der Waals surface area contributed by atoms with E-state index in [1.54, 1.807) is 7.11 Å². The first kappa shape index (κ1) is 12.9. The van der Waals surface area contributed by atoms with Crippen LogP contribution in [0.2, 0.25) is 0 Å². The molecule has 4 nitrogen and oxygen atoms in total. The summed E-state index contributed by atoms with van der Waals surface area (Å²) in [6.07, 6.45) is 3.27. The molecule has 0 aliphatic carbocycles. The van der Waals surface area contributed by atoms with Gasteiger partial charge in [-0.1, -0.05) is 11.3 Å². The van der Waals surface area contributed by atoms with Gasteiger partial charge in [-0.15, -0.1) is 0 Å². The van der Waals surface area contributed by atoms with E-state index in [2.05, 4.69) is 34.7 Å². The minimum absolute atomic E-state index is 0.875. The van der Waals surface area contributed by atoms with Crippen LogP contribution in [0.15, 0.2) is 30.5 Å². The molecule has 1 aliphatic heterocycles. The average molecular weight is 299 g/mol. The minimum atomic E-state index is 0.875. The minimum Gasteiger partial charge on any atom is -0.497 e. The van der Waals surface area contributed by atoms with E-state index in [9.17, 15) is 0 Å². The zero-order valence-electron chi connectivity index (χ0n) is 12.2. The maximum atomic E-state index is 5.21. The highest BCUT2D eigenvalue weighted by atomic mass is 32.1. The van der Waals surface area contributed by atoms with Gasteiger partial charge in [-0.2, -0.15) is 0 Å². The summed E-state index contributed by atoms with van der Waals surface area (Å²) in [5, 5.41) is 0. The van der Waals surface area contributed by atoms with Gasteiger partial charge in [0.2, 0.25) is 0 Å². The molecule has 4 rings (SSSR count). The van der Waals surface area contributed by atoms with Crippen molar-refractivity contribution in [2.75, 3.05) is 20.7 Å². The van der Waals surface area contributed by atoms with Gasteiger partial charge in [0.15, 0.2) is 4.96 Å². The van der Waals surface area contributed by atoms with Gasteiger partial charge < -0.3 is 9.64 Å². The van der Waals surface area contributed by atoms with Crippen molar-refractivity contribution in [3.8, 4) is 17.0 Å². The Morgan fingerprint density at radius 1 is 1.24 bits per heavy atom.